The molecule has 1 aliphatic heterocycles. The van der Waals surface area contributed by atoms with Crippen molar-refractivity contribution in [3.8, 4) is 0 Å². The Morgan fingerprint density at radius 1 is 1.09 bits per heavy atom. The molecule has 1 rings (SSSR count). The van der Waals surface area contributed by atoms with Crippen molar-refractivity contribution in [1.82, 2.24) is 9.80 Å². The van der Waals surface area contributed by atoms with Crippen molar-refractivity contribution in [2.24, 2.45) is 0 Å². The second kappa shape index (κ2) is 4.07. The number of piperazine rings is 1. The van der Waals surface area contributed by atoms with Gasteiger partial charge in [0.15, 0.2) is 0 Å². The summed E-state index contributed by atoms with van der Waals surface area (Å²) in [5, 5.41) is 0. The lowest BCUT2D eigenvalue weighted by atomic mass is 10.2. The summed E-state index contributed by atoms with van der Waals surface area (Å²) in [6, 6.07) is 0.731. The first-order valence-corrected chi connectivity index (χ1v) is 4.70. The molecule has 0 amide bonds. The average Bonchev–Trinajstić information content (AvgIpc) is 2.05. The lowest BCUT2D eigenvalue weighted by Gasteiger charge is -2.36. The molecule has 66 valence electrons. The number of hydrogen-bond donors (Lipinski definition) is 0. The molecule has 0 aromatic carbocycles. The van der Waals surface area contributed by atoms with E-state index in [-0.39, 0.29) is 0 Å². The van der Waals surface area contributed by atoms with Crippen LogP contribution < -0.4 is 0 Å². The molecule has 0 N–H and O–H groups in total. The van der Waals surface area contributed by atoms with Crippen LogP contribution in [0.4, 0.5) is 0 Å². The summed E-state index contributed by atoms with van der Waals surface area (Å²) < 4.78 is 0. The first kappa shape index (κ1) is 9.01. The van der Waals surface area contributed by atoms with Crippen LogP contribution in [-0.4, -0.2) is 48.6 Å². The second-order valence-electron chi connectivity index (χ2n) is 3.56. The van der Waals surface area contributed by atoms with E-state index in [0.717, 1.165) is 6.04 Å². The molecule has 1 fully saturated rings. The molecule has 1 heterocycles. The molecule has 0 atom stereocenters. The van der Waals surface area contributed by atoms with Gasteiger partial charge in [0.05, 0.1) is 0 Å². The van der Waals surface area contributed by atoms with E-state index in [0.29, 0.717) is 0 Å². The Morgan fingerprint density at radius 3 is 2.00 bits per heavy atom. The Labute approximate surface area is 70.2 Å². The molecule has 0 unspecified atom stereocenters. The normalized spacial score (nSPS) is 22.9. The molecule has 11 heavy (non-hydrogen) atoms. The van der Waals surface area contributed by atoms with Gasteiger partial charge >= 0.3 is 0 Å². The van der Waals surface area contributed by atoms with Gasteiger partial charge in [-0.1, -0.05) is 6.92 Å². The highest BCUT2D eigenvalue weighted by atomic mass is 15.3. The third-order valence-electron chi connectivity index (χ3n) is 2.58. The first-order chi connectivity index (χ1) is 5.24. The van der Waals surface area contributed by atoms with Gasteiger partial charge in [0.2, 0.25) is 0 Å². The highest BCUT2D eigenvalue weighted by Gasteiger charge is 2.16. The van der Waals surface area contributed by atoms with Crippen LogP contribution in [0.3, 0.4) is 0 Å². The summed E-state index contributed by atoms with van der Waals surface area (Å²) in [6.45, 7) is 13.0. The van der Waals surface area contributed by atoms with E-state index >= 15 is 0 Å². The van der Waals surface area contributed by atoms with Crippen LogP contribution >= 0.6 is 0 Å². The van der Waals surface area contributed by atoms with Gasteiger partial charge in [0, 0.05) is 32.2 Å². The molecule has 1 saturated heterocycles. The highest BCUT2D eigenvalue weighted by molar-refractivity contribution is 4.72. The summed E-state index contributed by atoms with van der Waals surface area (Å²) in [4.78, 5) is 5.06. The van der Waals surface area contributed by atoms with E-state index in [9.17, 15) is 0 Å². The zero-order chi connectivity index (χ0) is 8.27. The molecule has 2 nitrogen and oxygen atoms in total. The van der Waals surface area contributed by atoms with Crippen molar-refractivity contribution in [2.75, 3.05) is 32.7 Å². The van der Waals surface area contributed by atoms with Crippen LogP contribution in [0.25, 0.3) is 0 Å². The van der Waals surface area contributed by atoms with Crippen molar-refractivity contribution >= 4 is 0 Å². The van der Waals surface area contributed by atoms with E-state index in [1.165, 1.54) is 32.7 Å². The van der Waals surface area contributed by atoms with Gasteiger partial charge in [0.25, 0.3) is 0 Å². The molecule has 2 heteroatoms. The van der Waals surface area contributed by atoms with Crippen LogP contribution in [-0.2, 0) is 0 Å². The summed E-state index contributed by atoms with van der Waals surface area (Å²) in [5.74, 6) is 0. The summed E-state index contributed by atoms with van der Waals surface area (Å²) in [5.41, 5.74) is 0. The van der Waals surface area contributed by atoms with Crippen molar-refractivity contribution in [3.63, 3.8) is 0 Å². The number of likely N-dealkylation sites (N-methyl/N-ethyl adjacent to an activating group) is 1. The molecule has 0 aromatic rings. The average molecular weight is 156 g/mol. The minimum absolute atomic E-state index is 0.731. The Morgan fingerprint density at radius 2 is 1.64 bits per heavy atom. The van der Waals surface area contributed by atoms with Crippen molar-refractivity contribution in [3.05, 3.63) is 0 Å². The lowest BCUT2D eigenvalue weighted by Crippen LogP contribution is -2.48. The fraction of sp³-hybridized carbons (Fsp3) is 1.00. The fourth-order valence-electron chi connectivity index (χ4n) is 1.60. The maximum absolute atomic E-state index is 2.55. The number of hydrogen-bond acceptors (Lipinski definition) is 2. The SMILES string of the molecule is CCN1CCN(C(C)C)CC1. The van der Waals surface area contributed by atoms with Gasteiger partial charge in [-0.25, -0.2) is 0 Å². The molecule has 0 saturated carbocycles. The van der Waals surface area contributed by atoms with Gasteiger partial charge in [-0.15, -0.1) is 0 Å². The van der Waals surface area contributed by atoms with Crippen LogP contribution in [0.5, 0.6) is 0 Å². The quantitative estimate of drug-likeness (QED) is 0.589. The van der Waals surface area contributed by atoms with E-state index in [1.807, 2.05) is 0 Å². The van der Waals surface area contributed by atoms with Gasteiger partial charge in [-0.05, 0) is 20.4 Å². The van der Waals surface area contributed by atoms with Crippen molar-refractivity contribution < 1.29 is 0 Å². The highest BCUT2D eigenvalue weighted by Crippen LogP contribution is 2.04. The van der Waals surface area contributed by atoms with Gasteiger partial charge < -0.3 is 4.90 Å². The van der Waals surface area contributed by atoms with Crippen LogP contribution in [0, 0.1) is 0 Å². The minimum atomic E-state index is 0.731. The third kappa shape index (κ3) is 2.46. The summed E-state index contributed by atoms with van der Waals surface area (Å²) >= 11 is 0. The van der Waals surface area contributed by atoms with Gasteiger partial charge in [-0.3, -0.25) is 4.90 Å². The summed E-state index contributed by atoms with van der Waals surface area (Å²) in [6.07, 6.45) is 0. The van der Waals surface area contributed by atoms with E-state index in [2.05, 4.69) is 30.6 Å². The van der Waals surface area contributed by atoms with Crippen molar-refractivity contribution in [1.29, 1.82) is 0 Å². The van der Waals surface area contributed by atoms with Crippen LogP contribution in [0.2, 0.25) is 0 Å². The molecule has 0 spiro atoms. The molecule has 1 aliphatic rings. The van der Waals surface area contributed by atoms with Gasteiger partial charge in [-0.2, -0.15) is 0 Å². The van der Waals surface area contributed by atoms with E-state index in [4.69, 9.17) is 0 Å². The van der Waals surface area contributed by atoms with E-state index in [1.54, 1.807) is 0 Å². The Kier molecular flexibility index (Phi) is 3.34. The first-order valence-electron chi connectivity index (χ1n) is 4.70. The monoisotopic (exact) mass is 156 g/mol. The second-order valence-corrected chi connectivity index (χ2v) is 3.56. The molecule has 0 radical (unpaired) electrons. The lowest BCUT2D eigenvalue weighted by molar-refractivity contribution is 0.112. The predicted molar refractivity (Wildman–Crippen MR) is 48.8 cm³/mol. The predicted octanol–water partition coefficient (Wildman–Crippen LogP) is 1.03. The number of rotatable bonds is 2. The Hall–Kier alpha value is -0.0800. The smallest absolute Gasteiger partial charge is 0.0113 e. The minimum Gasteiger partial charge on any atom is -0.301 e. The Balaban J connectivity index is 2.24. The number of nitrogens with zero attached hydrogens (tertiary/aromatic N) is 2. The topological polar surface area (TPSA) is 6.48 Å². The zero-order valence-electron chi connectivity index (χ0n) is 8.01. The molecule has 0 aromatic heterocycles. The molecular weight excluding hydrogens is 136 g/mol. The summed E-state index contributed by atoms with van der Waals surface area (Å²) in [7, 11) is 0. The standard InChI is InChI=1S/C9H20N2/c1-4-10-5-7-11(8-6-10)9(2)3/h9H,4-8H2,1-3H3. The largest absolute Gasteiger partial charge is 0.301 e. The van der Waals surface area contributed by atoms with Crippen LogP contribution in [0.15, 0.2) is 0 Å². The van der Waals surface area contributed by atoms with Crippen molar-refractivity contribution in [2.45, 2.75) is 26.8 Å². The fourth-order valence-corrected chi connectivity index (χ4v) is 1.60. The zero-order valence-corrected chi connectivity index (χ0v) is 8.01. The Bertz CT molecular complexity index is 104. The van der Waals surface area contributed by atoms with Gasteiger partial charge in [0.1, 0.15) is 0 Å². The maximum Gasteiger partial charge on any atom is 0.0113 e. The van der Waals surface area contributed by atoms with Crippen LogP contribution in [0.1, 0.15) is 20.8 Å². The van der Waals surface area contributed by atoms with E-state index < -0.39 is 0 Å². The molecule has 0 aliphatic carbocycles. The maximum atomic E-state index is 2.55. The molecule has 0 bridgehead atoms. The molecular formula is C9H20N2. The third-order valence-corrected chi connectivity index (χ3v) is 2.58.